The van der Waals surface area contributed by atoms with Crippen molar-refractivity contribution in [1.29, 1.82) is 0 Å². The Kier molecular flexibility index (Phi) is 4.80. The molecular formula is C11H14F3NO4S. The van der Waals surface area contributed by atoms with Crippen molar-refractivity contribution in [1.82, 2.24) is 4.72 Å². The molecule has 0 spiro atoms. The van der Waals surface area contributed by atoms with E-state index in [1.807, 2.05) is 4.72 Å². The monoisotopic (exact) mass is 313 g/mol. The van der Waals surface area contributed by atoms with Crippen molar-refractivity contribution < 1.29 is 31.8 Å². The lowest BCUT2D eigenvalue weighted by Crippen LogP contribution is -2.43. The second kappa shape index (κ2) is 5.68. The van der Waals surface area contributed by atoms with Gasteiger partial charge < -0.3 is 10.2 Å². The number of benzene rings is 1. The van der Waals surface area contributed by atoms with Crippen LogP contribution in [0.15, 0.2) is 29.2 Å². The number of hydrogen-bond acceptors (Lipinski definition) is 4. The predicted molar refractivity (Wildman–Crippen MR) is 64.3 cm³/mol. The first-order valence-electron chi connectivity index (χ1n) is 5.48. The molecule has 0 bridgehead atoms. The van der Waals surface area contributed by atoms with Gasteiger partial charge in [0, 0.05) is 6.54 Å². The Morgan fingerprint density at radius 3 is 2.40 bits per heavy atom. The number of rotatable bonds is 5. The third kappa shape index (κ3) is 4.44. The van der Waals surface area contributed by atoms with Gasteiger partial charge >= 0.3 is 6.18 Å². The lowest BCUT2D eigenvalue weighted by atomic mass is 10.1. The highest BCUT2D eigenvalue weighted by atomic mass is 32.2. The minimum Gasteiger partial charge on any atom is -0.393 e. The maximum Gasteiger partial charge on any atom is 0.416 e. The highest BCUT2D eigenvalue weighted by Gasteiger charge is 2.32. The van der Waals surface area contributed by atoms with Crippen LogP contribution in [0.2, 0.25) is 0 Å². The minimum atomic E-state index is -4.65. The number of hydrogen-bond donors (Lipinski definition) is 3. The molecule has 3 N–H and O–H groups in total. The zero-order valence-electron chi connectivity index (χ0n) is 10.5. The van der Waals surface area contributed by atoms with Gasteiger partial charge in [0.15, 0.2) is 0 Å². The molecule has 0 amide bonds. The van der Waals surface area contributed by atoms with Gasteiger partial charge in [0.2, 0.25) is 10.0 Å². The fourth-order valence-electron chi connectivity index (χ4n) is 1.23. The Labute approximate surface area is 114 Å². The predicted octanol–water partition coefficient (Wildman–Crippen LogP) is 0.727. The van der Waals surface area contributed by atoms with Crippen molar-refractivity contribution in [2.24, 2.45) is 0 Å². The van der Waals surface area contributed by atoms with Crippen LogP contribution in [0, 0.1) is 0 Å². The van der Waals surface area contributed by atoms with Crippen LogP contribution in [-0.4, -0.2) is 37.4 Å². The highest BCUT2D eigenvalue weighted by Crippen LogP contribution is 2.30. The summed E-state index contributed by atoms with van der Waals surface area (Å²) in [4.78, 5) is -0.568. The Balaban J connectivity index is 2.99. The smallest absolute Gasteiger partial charge is 0.393 e. The first-order valence-corrected chi connectivity index (χ1v) is 6.96. The van der Waals surface area contributed by atoms with Crippen molar-refractivity contribution >= 4 is 10.0 Å². The molecule has 0 radical (unpaired) electrons. The summed E-state index contributed by atoms with van der Waals surface area (Å²) in [5, 5.41) is 18.2. The van der Waals surface area contributed by atoms with Crippen molar-refractivity contribution in [2.75, 3.05) is 13.2 Å². The summed E-state index contributed by atoms with van der Waals surface area (Å²) in [6.07, 6.45) is -4.65. The van der Waals surface area contributed by atoms with E-state index in [2.05, 4.69) is 0 Å². The summed E-state index contributed by atoms with van der Waals surface area (Å²) < 4.78 is 63.0. The maximum absolute atomic E-state index is 12.5. The number of halogens is 3. The van der Waals surface area contributed by atoms with E-state index < -0.39 is 45.4 Å². The largest absolute Gasteiger partial charge is 0.416 e. The van der Waals surface area contributed by atoms with E-state index in [0.717, 1.165) is 18.2 Å². The normalized spacial score (nSPS) is 15.9. The summed E-state index contributed by atoms with van der Waals surface area (Å²) in [6.45, 7) is -0.0398. The third-order valence-electron chi connectivity index (χ3n) is 2.46. The topological polar surface area (TPSA) is 86.6 Å². The zero-order valence-corrected chi connectivity index (χ0v) is 11.3. The first-order chi connectivity index (χ1) is 8.98. The number of alkyl halides is 3. The molecule has 1 aromatic carbocycles. The Bertz CT molecular complexity index is 569. The zero-order chi connectivity index (χ0) is 15.6. The van der Waals surface area contributed by atoms with E-state index in [1.54, 1.807) is 0 Å². The average molecular weight is 313 g/mol. The Hall–Kier alpha value is -1.16. The lowest BCUT2D eigenvalue weighted by molar-refractivity contribution is -0.137. The summed E-state index contributed by atoms with van der Waals surface area (Å²) in [5.41, 5.74) is -2.79. The molecular weight excluding hydrogens is 299 g/mol. The minimum absolute atomic E-state index is 0.496. The van der Waals surface area contributed by atoms with E-state index in [-0.39, 0.29) is 0 Å². The molecule has 1 atom stereocenters. The van der Waals surface area contributed by atoms with Gasteiger partial charge in [0.1, 0.15) is 0 Å². The van der Waals surface area contributed by atoms with Gasteiger partial charge in [0.25, 0.3) is 0 Å². The summed E-state index contributed by atoms with van der Waals surface area (Å²) in [7, 11) is -4.21. The Morgan fingerprint density at radius 1 is 1.30 bits per heavy atom. The van der Waals surface area contributed by atoms with Crippen molar-refractivity contribution in [3.05, 3.63) is 29.8 Å². The first kappa shape index (κ1) is 16.9. The second-order valence-corrected chi connectivity index (χ2v) is 6.27. The van der Waals surface area contributed by atoms with Gasteiger partial charge in [-0.15, -0.1) is 0 Å². The van der Waals surface area contributed by atoms with Crippen LogP contribution < -0.4 is 4.72 Å². The van der Waals surface area contributed by atoms with E-state index in [0.29, 0.717) is 6.07 Å². The Morgan fingerprint density at radius 2 is 1.90 bits per heavy atom. The van der Waals surface area contributed by atoms with Gasteiger partial charge in [-0.3, -0.25) is 0 Å². The van der Waals surface area contributed by atoms with Gasteiger partial charge in [-0.2, -0.15) is 13.2 Å². The molecule has 9 heteroatoms. The quantitative estimate of drug-likeness (QED) is 0.748. The lowest BCUT2D eigenvalue weighted by Gasteiger charge is -2.20. The molecule has 0 aliphatic carbocycles. The number of aliphatic hydroxyl groups excluding tert-OH is 1. The number of nitrogens with one attached hydrogen (secondary N) is 1. The molecule has 20 heavy (non-hydrogen) atoms. The van der Waals surface area contributed by atoms with Gasteiger partial charge in [-0.25, -0.2) is 13.1 Å². The molecule has 0 aliphatic rings. The highest BCUT2D eigenvalue weighted by molar-refractivity contribution is 7.89. The molecule has 0 fully saturated rings. The van der Waals surface area contributed by atoms with Crippen LogP contribution in [0.4, 0.5) is 13.2 Å². The van der Waals surface area contributed by atoms with Gasteiger partial charge in [-0.05, 0) is 25.1 Å². The van der Waals surface area contributed by atoms with E-state index in [4.69, 9.17) is 5.11 Å². The van der Waals surface area contributed by atoms with Crippen molar-refractivity contribution in [3.8, 4) is 0 Å². The van der Waals surface area contributed by atoms with Crippen molar-refractivity contribution in [3.63, 3.8) is 0 Å². The fraction of sp³-hybridized carbons (Fsp3) is 0.455. The van der Waals surface area contributed by atoms with Crippen molar-refractivity contribution in [2.45, 2.75) is 23.6 Å². The molecule has 1 rings (SSSR count). The fourth-order valence-corrected chi connectivity index (χ4v) is 2.44. The second-order valence-electron chi connectivity index (χ2n) is 4.51. The van der Waals surface area contributed by atoms with Crippen LogP contribution in [0.1, 0.15) is 12.5 Å². The molecule has 5 nitrogen and oxygen atoms in total. The summed E-state index contributed by atoms with van der Waals surface area (Å²) >= 11 is 0. The molecule has 1 aromatic rings. The van der Waals surface area contributed by atoms with E-state index in [9.17, 15) is 26.7 Å². The van der Waals surface area contributed by atoms with E-state index >= 15 is 0 Å². The molecule has 0 saturated carbocycles. The third-order valence-corrected chi connectivity index (χ3v) is 3.85. The van der Waals surface area contributed by atoms with Crippen LogP contribution in [-0.2, 0) is 16.2 Å². The van der Waals surface area contributed by atoms with Crippen LogP contribution in [0.5, 0.6) is 0 Å². The number of sulfonamides is 1. The molecule has 0 aromatic heterocycles. The molecule has 0 saturated heterocycles. The van der Waals surface area contributed by atoms with Gasteiger partial charge in [-0.1, -0.05) is 6.07 Å². The summed E-state index contributed by atoms with van der Waals surface area (Å²) in [6, 6.07) is 3.23. The average Bonchev–Trinajstić information content (AvgIpc) is 2.36. The number of aliphatic hydroxyl groups is 2. The molecule has 0 aliphatic heterocycles. The maximum atomic E-state index is 12.5. The molecule has 114 valence electrons. The van der Waals surface area contributed by atoms with E-state index in [1.165, 1.54) is 6.92 Å². The SMILES string of the molecule is CC(O)(CO)CNS(=O)(=O)c1cccc(C(F)(F)F)c1. The van der Waals surface area contributed by atoms with Crippen LogP contribution in [0.3, 0.4) is 0 Å². The summed E-state index contributed by atoms with van der Waals surface area (Å²) in [5.74, 6) is 0. The standard InChI is InChI=1S/C11H14F3NO4S/c1-10(17,7-16)6-15-20(18,19)9-4-2-3-8(5-9)11(12,13)14/h2-5,15-17H,6-7H2,1H3. The van der Waals surface area contributed by atoms with Crippen LogP contribution in [0.25, 0.3) is 0 Å². The van der Waals surface area contributed by atoms with Gasteiger partial charge in [0.05, 0.1) is 22.7 Å². The molecule has 0 heterocycles. The van der Waals surface area contributed by atoms with Crippen LogP contribution >= 0.6 is 0 Å². The molecule has 1 unspecified atom stereocenters.